The maximum absolute atomic E-state index is 12.9. The zero-order chi connectivity index (χ0) is 17.9. The minimum atomic E-state index is -3.44. The first-order valence-corrected chi connectivity index (χ1v) is 10.7. The molecule has 6 nitrogen and oxygen atoms in total. The maximum Gasteiger partial charge on any atom is 0.321 e. The van der Waals surface area contributed by atoms with E-state index in [4.69, 9.17) is 0 Å². The summed E-state index contributed by atoms with van der Waals surface area (Å²) < 4.78 is 27.5. The summed E-state index contributed by atoms with van der Waals surface area (Å²) >= 11 is 0. The van der Waals surface area contributed by atoms with Gasteiger partial charge in [0.15, 0.2) is 0 Å². The number of nitrogens with one attached hydrogen (secondary N) is 1. The van der Waals surface area contributed by atoms with E-state index in [0.717, 1.165) is 43.4 Å². The van der Waals surface area contributed by atoms with Gasteiger partial charge in [-0.15, -0.1) is 0 Å². The quantitative estimate of drug-likeness (QED) is 0.892. The van der Waals surface area contributed by atoms with Gasteiger partial charge in [-0.25, -0.2) is 13.2 Å². The molecule has 0 aromatic heterocycles. The Kier molecular flexibility index (Phi) is 5.64. The molecule has 2 aliphatic rings. The molecule has 0 unspecified atom stereocenters. The van der Waals surface area contributed by atoms with E-state index in [2.05, 4.69) is 5.32 Å². The number of anilines is 1. The molecule has 0 saturated carbocycles. The fourth-order valence-electron chi connectivity index (χ4n) is 3.51. The summed E-state index contributed by atoms with van der Waals surface area (Å²) in [6.07, 6.45) is 5.62. The predicted octanol–water partition coefficient (Wildman–Crippen LogP) is 2.73. The molecule has 25 heavy (non-hydrogen) atoms. The van der Waals surface area contributed by atoms with Crippen molar-refractivity contribution in [1.82, 2.24) is 9.62 Å². The normalized spacial score (nSPS) is 18.7. The predicted molar refractivity (Wildman–Crippen MR) is 98.4 cm³/mol. The standard InChI is InChI=1S/C18H27N3O3S/c1-2-10-19-18(22)21-13-9-15-14-16(7-8-17(15)21)25(23,24)20-11-5-3-4-6-12-20/h7-8,14H,2-6,9-13H2,1H3,(H,19,22). The lowest BCUT2D eigenvalue weighted by Gasteiger charge is -2.21. The molecule has 2 amide bonds. The first kappa shape index (κ1) is 18.2. The molecule has 0 atom stereocenters. The SMILES string of the molecule is CCCNC(=O)N1CCc2cc(S(=O)(=O)N3CCCCCC3)ccc21. The molecule has 0 bridgehead atoms. The molecule has 2 aliphatic heterocycles. The highest BCUT2D eigenvalue weighted by Gasteiger charge is 2.29. The topological polar surface area (TPSA) is 69.7 Å². The number of hydrogen-bond donors (Lipinski definition) is 1. The van der Waals surface area contributed by atoms with Crippen molar-refractivity contribution in [3.63, 3.8) is 0 Å². The van der Waals surface area contributed by atoms with Gasteiger partial charge in [-0.05, 0) is 49.4 Å². The van der Waals surface area contributed by atoms with Gasteiger partial charge in [0, 0.05) is 31.9 Å². The summed E-state index contributed by atoms with van der Waals surface area (Å²) in [7, 11) is -3.44. The molecule has 0 spiro atoms. The number of carbonyl (C=O) groups excluding carboxylic acids is 1. The van der Waals surface area contributed by atoms with Crippen LogP contribution in [0.1, 0.15) is 44.6 Å². The van der Waals surface area contributed by atoms with Crippen LogP contribution in [0.2, 0.25) is 0 Å². The molecule has 1 N–H and O–H groups in total. The van der Waals surface area contributed by atoms with Gasteiger partial charge in [-0.2, -0.15) is 4.31 Å². The molecule has 0 radical (unpaired) electrons. The van der Waals surface area contributed by atoms with Crippen LogP contribution in [0.5, 0.6) is 0 Å². The van der Waals surface area contributed by atoms with Crippen LogP contribution in [0.25, 0.3) is 0 Å². The molecule has 0 aliphatic carbocycles. The second kappa shape index (κ2) is 7.74. The zero-order valence-electron chi connectivity index (χ0n) is 14.8. The Morgan fingerprint density at radius 3 is 2.52 bits per heavy atom. The Hall–Kier alpha value is -1.60. The monoisotopic (exact) mass is 365 g/mol. The third kappa shape index (κ3) is 3.82. The highest BCUT2D eigenvalue weighted by molar-refractivity contribution is 7.89. The summed E-state index contributed by atoms with van der Waals surface area (Å²) in [6.45, 7) is 4.46. The number of nitrogens with zero attached hydrogens (tertiary/aromatic N) is 2. The fourth-order valence-corrected chi connectivity index (χ4v) is 5.08. The minimum absolute atomic E-state index is 0.108. The highest BCUT2D eigenvalue weighted by atomic mass is 32.2. The summed E-state index contributed by atoms with van der Waals surface area (Å²) in [4.78, 5) is 14.3. The third-order valence-corrected chi connectivity index (χ3v) is 6.82. The first-order chi connectivity index (χ1) is 12.0. The van der Waals surface area contributed by atoms with Gasteiger partial charge >= 0.3 is 6.03 Å². The molecule has 1 fully saturated rings. The Morgan fingerprint density at radius 2 is 1.84 bits per heavy atom. The van der Waals surface area contributed by atoms with E-state index >= 15 is 0 Å². The zero-order valence-corrected chi connectivity index (χ0v) is 15.6. The number of urea groups is 1. The summed E-state index contributed by atoms with van der Waals surface area (Å²) in [5.74, 6) is 0. The van der Waals surface area contributed by atoms with Crippen LogP contribution in [0, 0.1) is 0 Å². The maximum atomic E-state index is 12.9. The smallest absolute Gasteiger partial charge is 0.321 e. The van der Waals surface area contributed by atoms with Crippen molar-refractivity contribution in [2.45, 2.75) is 50.3 Å². The highest BCUT2D eigenvalue weighted by Crippen LogP contribution is 2.31. The average molecular weight is 365 g/mol. The second-order valence-electron chi connectivity index (χ2n) is 6.74. The third-order valence-electron chi connectivity index (χ3n) is 4.92. The van der Waals surface area contributed by atoms with Crippen molar-refractivity contribution in [3.05, 3.63) is 23.8 Å². The molecule has 1 saturated heterocycles. The van der Waals surface area contributed by atoms with Crippen molar-refractivity contribution < 1.29 is 13.2 Å². The van der Waals surface area contributed by atoms with Gasteiger partial charge in [-0.3, -0.25) is 4.90 Å². The van der Waals surface area contributed by atoms with Gasteiger partial charge in [0.05, 0.1) is 4.90 Å². The van der Waals surface area contributed by atoms with Gasteiger partial charge in [0.2, 0.25) is 10.0 Å². The van der Waals surface area contributed by atoms with Crippen molar-refractivity contribution in [2.24, 2.45) is 0 Å². The van der Waals surface area contributed by atoms with Crippen molar-refractivity contribution >= 4 is 21.7 Å². The lowest BCUT2D eigenvalue weighted by molar-refractivity contribution is 0.247. The van der Waals surface area contributed by atoms with Gasteiger partial charge < -0.3 is 5.32 Å². The van der Waals surface area contributed by atoms with Crippen molar-refractivity contribution in [3.8, 4) is 0 Å². The Bertz CT molecular complexity index is 725. The van der Waals surface area contributed by atoms with Crippen LogP contribution < -0.4 is 10.2 Å². The van der Waals surface area contributed by atoms with E-state index in [1.54, 1.807) is 27.4 Å². The van der Waals surface area contributed by atoms with Crippen LogP contribution in [0.4, 0.5) is 10.5 Å². The van der Waals surface area contributed by atoms with Gasteiger partial charge in [0.25, 0.3) is 0 Å². The number of amides is 2. The largest absolute Gasteiger partial charge is 0.338 e. The Labute approximate surface area is 150 Å². The van der Waals surface area contributed by atoms with E-state index in [9.17, 15) is 13.2 Å². The van der Waals surface area contributed by atoms with E-state index < -0.39 is 10.0 Å². The molecule has 1 aromatic carbocycles. The number of hydrogen-bond acceptors (Lipinski definition) is 3. The molecular weight excluding hydrogens is 338 g/mol. The number of benzene rings is 1. The Balaban J connectivity index is 1.81. The van der Waals surface area contributed by atoms with E-state index in [1.807, 2.05) is 6.92 Å². The Morgan fingerprint density at radius 1 is 1.12 bits per heavy atom. The number of fused-ring (bicyclic) bond motifs is 1. The molecule has 3 rings (SSSR count). The van der Waals surface area contributed by atoms with Gasteiger partial charge in [0.1, 0.15) is 0 Å². The average Bonchev–Trinajstić information content (AvgIpc) is 2.83. The summed E-state index contributed by atoms with van der Waals surface area (Å²) in [6, 6.07) is 5.06. The first-order valence-electron chi connectivity index (χ1n) is 9.22. The van der Waals surface area contributed by atoms with E-state index in [0.29, 0.717) is 37.5 Å². The van der Waals surface area contributed by atoms with E-state index in [1.165, 1.54) is 0 Å². The minimum Gasteiger partial charge on any atom is -0.338 e. The van der Waals surface area contributed by atoms with Crippen LogP contribution in [0.15, 0.2) is 23.1 Å². The van der Waals surface area contributed by atoms with Crippen LogP contribution >= 0.6 is 0 Å². The van der Waals surface area contributed by atoms with Crippen molar-refractivity contribution in [1.29, 1.82) is 0 Å². The van der Waals surface area contributed by atoms with Crippen molar-refractivity contribution in [2.75, 3.05) is 31.1 Å². The number of rotatable bonds is 4. The number of sulfonamides is 1. The van der Waals surface area contributed by atoms with Gasteiger partial charge in [-0.1, -0.05) is 19.8 Å². The van der Waals surface area contributed by atoms with Crippen LogP contribution in [0.3, 0.4) is 0 Å². The summed E-state index contributed by atoms with van der Waals surface area (Å²) in [5, 5.41) is 2.88. The molecule has 1 aromatic rings. The molecule has 138 valence electrons. The fraction of sp³-hybridized carbons (Fsp3) is 0.611. The summed E-state index contributed by atoms with van der Waals surface area (Å²) in [5.41, 5.74) is 1.76. The second-order valence-corrected chi connectivity index (χ2v) is 8.68. The van der Waals surface area contributed by atoms with E-state index in [-0.39, 0.29) is 6.03 Å². The molecule has 7 heteroatoms. The van der Waals surface area contributed by atoms with Crippen LogP contribution in [-0.4, -0.2) is 44.9 Å². The van der Waals surface area contributed by atoms with Crippen LogP contribution in [-0.2, 0) is 16.4 Å². The number of carbonyl (C=O) groups is 1. The molecular formula is C18H27N3O3S. The lowest BCUT2D eigenvalue weighted by atomic mass is 10.2. The lowest BCUT2D eigenvalue weighted by Crippen LogP contribution is -2.39. The molecule has 2 heterocycles.